The number of nitrogens with zero attached hydrogens (tertiary/aromatic N) is 3. The first-order valence-corrected chi connectivity index (χ1v) is 13.5. The van der Waals surface area contributed by atoms with Gasteiger partial charge in [0.2, 0.25) is 5.91 Å². The molecule has 2 aromatic heterocycles. The molecule has 1 aliphatic rings. The van der Waals surface area contributed by atoms with Gasteiger partial charge in [0.25, 0.3) is 0 Å². The van der Waals surface area contributed by atoms with Crippen LogP contribution in [0.4, 0.5) is 10.5 Å². The number of imidazole rings is 1. The highest BCUT2D eigenvalue weighted by atomic mass is 16.6. The van der Waals surface area contributed by atoms with Crippen LogP contribution in [0.2, 0.25) is 0 Å². The Morgan fingerprint density at radius 1 is 1.21 bits per heavy atom. The van der Waals surface area contributed by atoms with Crippen molar-refractivity contribution < 1.29 is 19.1 Å². The van der Waals surface area contributed by atoms with Crippen LogP contribution in [0.25, 0.3) is 16.8 Å². The molecule has 1 saturated carbocycles. The number of hydrogen-bond donors (Lipinski definition) is 2. The second-order valence-corrected chi connectivity index (χ2v) is 10.2. The SMILES string of the molecule is CCC[C@H](C)OC(=O)Nc1ccc(-c2nc([C@H]3CC[C@H](CNC(C)=O)CC3)n3ccnc(C)c23)cc1OC. The lowest BCUT2D eigenvalue weighted by Crippen LogP contribution is -2.29. The van der Waals surface area contributed by atoms with E-state index in [4.69, 9.17) is 14.5 Å². The third kappa shape index (κ3) is 6.26. The van der Waals surface area contributed by atoms with E-state index in [1.807, 2.05) is 44.4 Å². The molecule has 4 rings (SSSR count). The molecule has 0 unspecified atom stereocenters. The highest BCUT2D eigenvalue weighted by molar-refractivity contribution is 5.89. The third-order valence-electron chi connectivity index (χ3n) is 7.33. The molecule has 2 heterocycles. The standard InChI is InChI=1S/C29H39N5O4/c1-6-7-18(2)38-29(36)32-24-13-12-23(16-25(24)37-5)26-27-19(3)30-14-15-34(27)28(33-26)22-10-8-21(9-11-22)17-31-20(4)35/h12-16,18,21-22H,6-11,17H2,1-5H3,(H,31,35)(H,32,36)/t18-,21-,22-/m0/s1. The van der Waals surface area contributed by atoms with Crippen molar-refractivity contribution in [3.63, 3.8) is 0 Å². The topological polar surface area (TPSA) is 107 Å². The minimum atomic E-state index is -0.499. The van der Waals surface area contributed by atoms with Crippen molar-refractivity contribution in [1.29, 1.82) is 0 Å². The Hall–Kier alpha value is -3.62. The molecule has 2 N–H and O–H groups in total. The van der Waals surface area contributed by atoms with E-state index in [9.17, 15) is 9.59 Å². The molecule has 9 nitrogen and oxygen atoms in total. The Morgan fingerprint density at radius 2 is 1.97 bits per heavy atom. The summed E-state index contributed by atoms with van der Waals surface area (Å²) < 4.78 is 13.2. The van der Waals surface area contributed by atoms with Crippen LogP contribution in [0.15, 0.2) is 30.6 Å². The number of nitrogens with one attached hydrogen (secondary N) is 2. The molecule has 1 fully saturated rings. The predicted molar refractivity (Wildman–Crippen MR) is 148 cm³/mol. The smallest absolute Gasteiger partial charge is 0.412 e. The molecule has 9 heteroatoms. The molecule has 0 saturated heterocycles. The normalized spacial score (nSPS) is 18.1. The van der Waals surface area contributed by atoms with Crippen LogP contribution < -0.4 is 15.4 Å². The first kappa shape index (κ1) is 27.4. The van der Waals surface area contributed by atoms with E-state index >= 15 is 0 Å². The fraction of sp³-hybridized carbons (Fsp3) is 0.517. The van der Waals surface area contributed by atoms with E-state index in [0.29, 0.717) is 23.3 Å². The van der Waals surface area contributed by atoms with Gasteiger partial charge >= 0.3 is 6.09 Å². The summed E-state index contributed by atoms with van der Waals surface area (Å²) in [7, 11) is 1.58. The van der Waals surface area contributed by atoms with E-state index < -0.39 is 6.09 Å². The van der Waals surface area contributed by atoms with E-state index in [2.05, 4.69) is 26.9 Å². The van der Waals surface area contributed by atoms with Gasteiger partial charge in [0.05, 0.1) is 29.7 Å². The Balaban J connectivity index is 1.59. The number of methoxy groups -OCH3 is 1. The zero-order valence-electron chi connectivity index (χ0n) is 23.0. The fourth-order valence-electron chi connectivity index (χ4n) is 5.35. The van der Waals surface area contributed by atoms with E-state index in [-0.39, 0.29) is 12.0 Å². The van der Waals surface area contributed by atoms with Gasteiger partial charge in [-0.15, -0.1) is 0 Å². The first-order valence-electron chi connectivity index (χ1n) is 13.5. The zero-order valence-corrected chi connectivity index (χ0v) is 23.0. The van der Waals surface area contributed by atoms with Crippen molar-refractivity contribution in [3.05, 3.63) is 42.1 Å². The van der Waals surface area contributed by atoms with Gasteiger partial charge < -0.3 is 14.8 Å². The van der Waals surface area contributed by atoms with Gasteiger partial charge in [-0.3, -0.25) is 19.5 Å². The van der Waals surface area contributed by atoms with Crippen molar-refractivity contribution >= 4 is 23.2 Å². The Kier molecular flexibility index (Phi) is 8.86. The molecule has 3 aromatic rings. The number of carbonyl (C=O) groups excluding carboxylic acids is 2. The maximum Gasteiger partial charge on any atom is 0.412 e. The molecular weight excluding hydrogens is 482 g/mol. The number of aryl methyl sites for hydroxylation is 1. The molecule has 204 valence electrons. The van der Waals surface area contributed by atoms with Crippen molar-refractivity contribution in [2.24, 2.45) is 5.92 Å². The number of anilines is 1. The zero-order chi connectivity index (χ0) is 27.2. The van der Waals surface area contributed by atoms with Gasteiger partial charge in [0.1, 0.15) is 17.7 Å². The van der Waals surface area contributed by atoms with Crippen LogP contribution >= 0.6 is 0 Å². The van der Waals surface area contributed by atoms with Crippen LogP contribution in [-0.4, -0.2) is 46.1 Å². The second kappa shape index (κ2) is 12.3. The first-order chi connectivity index (χ1) is 18.3. The summed E-state index contributed by atoms with van der Waals surface area (Å²) in [5.74, 6) is 2.43. The van der Waals surface area contributed by atoms with Crippen LogP contribution in [0.3, 0.4) is 0 Å². The quantitative estimate of drug-likeness (QED) is 0.365. The van der Waals surface area contributed by atoms with Crippen molar-refractivity contribution in [2.45, 2.75) is 78.2 Å². The van der Waals surface area contributed by atoms with Crippen LogP contribution in [-0.2, 0) is 9.53 Å². The molecule has 0 spiro atoms. The maximum absolute atomic E-state index is 12.4. The van der Waals surface area contributed by atoms with Gasteiger partial charge in [-0.2, -0.15) is 0 Å². The largest absolute Gasteiger partial charge is 0.495 e. The number of amides is 2. The van der Waals surface area contributed by atoms with E-state index in [1.165, 1.54) is 0 Å². The summed E-state index contributed by atoms with van der Waals surface area (Å²) in [5.41, 5.74) is 4.14. The number of benzene rings is 1. The molecule has 1 aromatic carbocycles. The average molecular weight is 522 g/mol. The van der Waals surface area contributed by atoms with Crippen LogP contribution in [0, 0.1) is 12.8 Å². The molecule has 1 atom stereocenters. The number of rotatable bonds is 9. The highest BCUT2D eigenvalue weighted by Crippen LogP contribution is 2.39. The minimum absolute atomic E-state index is 0.0265. The monoisotopic (exact) mass is 521 g/mol. The number of carbonyl (C=O) groups is 2. The summed E-state index contributed by atoms with van der Waals surface area (Å²) in [6.45, 7) is 8.24. The van der Waals surface area contributed by atoms with Gasteiger partial charge in [-0.05, 0) is 64.0 Å². The van der Waals surface area contributed by atoms with Gasteiger partial charge in [-0.25, -0.2) is 9.78 Å². The van der Waals surface area contributed by atoms with Gasteiger partial charge in [-0.1, -0.05) is 19.4 Å². The van der Waals surface area contributed by atoms with Crippen LogP contribution in [0.1, 0.15) is 76.7 Å². The lowest BCUT2D eigenvalue weighted by molar-refractivity contribution is -0.119. The highest BCUT2D eigenvalue weighted by Gasteiger charge is 2.28. The van der Waals surface area contributed by atoms with Crippen LogP contribution in [0.5, 0.6) is 5.75 Å². The average Bonchev–Trinajstić information content (AvgIpc) is 3.29. The Morgan fingerprint density at radius 3 is 2.66 bits per heavy atom. The Labute approximate surface area is 224 Å². The number of hydrogen-bond acceptors (Lipinski definition) is 6. The molecule has 38 heavy (non-hydrogen) atoms. The fourth-order valence-corrected chi connectivity index (χ4v) is 5.35. The van der Waals surface area contributed by atoms with E-state index in [1.54, 1.807) is 14.0 Å². The minimum Gasteiger partial charge on any atom is -0.495 e. The maximum atomic E-state index is 12.4. The molecule has 0 bridgehead atoms. The van der Waals surface area contributed by atoms with Crippen molar-refractivity contribution in [2.75, 3.05) is 19.0 Å². The summed E-state index contributed by atoms with van der Waals surface area (Å²) in [4.78, 5) is 33.4. The molecule has 1 aliphatic carbocycles. The second-order valence-electron chi connectivity index (χ2n) is 10.2. The Bertz CT molecular complexity index is 1280. The molecule has 0 aliphatic heterocycles. The summed E-state index contributed by atoms with van der Waals surface area (Å²) in [6, 6.07) is 5.66. The lowest BCUT2D eigenvalue weighted by atomic mass is 9.81. The summed E-state index contributed by atoms with van der Waals surface area (Å²) in [6.07, 6.45) is 9.06. The van der Waals surface area contributed by atoms with Gasteiger partial charge in [0, 0.05) is 37.3 Å². The van der Waals surface area contributed by atoms with Crippen molar-refractivity contribution in [1.82, 2.24) is 19.7 Å². The summed E-state index contributed by atoms with van der Waals surface area (Å²) >= 11 is 0. The number of fused-ring (bicyclic) bond motifs is 1. The van der Waals surface area contributed by atoms with Gasteiger partial charge in [0.15, 0.2) is 0 Å². The van der Waals surface area contributed by atoms with Crippen molar-refractivity contribution in [3.8, 4) is 17.0 Å². The molecular formula is C29H39N5O4. The number of aromatic nitrogens is 3. The third-order valence-corrected chi connectivity index (χ3v) is 7.33. The molecule has 2 amide bonds. The predicted octanol–water partition coefficient (Wildman–Crippen LogP) is 5.86. The summed E-state index contributed by atoms with van der Waals surface area (Å²) in [5, 5.41) is 5.77. The van der Waals surface area contributed by atoms with E-state index in [0.717, 1.165) is 73.4 Å². The molecule has 0 radical (unpaired) electrons. The lowest BCUT2D eigenvalue weighted by Gasteiger charge is -2.27. The number of ether oxygens (including phenoxy) is 2.